The summed E-state index contributed by atoms with van der Waals surface area (Å²) in [5.41, 5.74) is 3.28. The summed E-state index contributed by atoms with van der Waals surface area (Å²) < 4.78 is 11.1. The summed E-state index contributed by atoms with van der Waals surface area (Å²) >= 11 is 0. The van der Waals surface area contributed by atoms with Crippen molar-refractivity contribution in [2.24, 2.45) is 0 Å². The molecule has 0 saturated carbocycles. The van der Waals surface area contributed by atoms with Gasteiger partial charge in [0.2, 0.25) is 0 Å². The van der Waals surface area contributed by atoms with E-state index in [4.69, 9.17) is 9.47 Å². The fourth-order valence-corrected chi connectivity index (χ4v) is 3.26. The predicted octanol–water partition coefficient (Wildman–Crippen LogP) is 3.61. The fourth-order valence-electron chi connectivity index (χ4n) is 3.26. The van der Waals surface area contributed by atoms with Crippen LogP contribution in [-0.4, -0.2) is 49.6 Å². The lowest BCUT2D eigenvalue weighted by Crippen LogP contribution is -2.40. The SMILES string of the molecule is Cc1ccc(C(C)C)c(OCC(=O)Nc2cccc(C(=O)N3CCOCC3)c2)c1. The van der Waals surface area contributed by atoms with E-state index in [0.29, 0.717) is 43.5 Å². The smallest absolute Gasteiger partial charge is 0.262 e. The number of hydrogen-bond donors (Lipinski definition) is 1. The minimum atomic E-state index is -0.266. The van der Waals surface area contributed by atoms with E-state index in [0.717, 1.165) is 16.9 Å². The third-order valence-electron chi connectivity index (χ3n) is 4.84. The Balaban J connectivity index is 1.61. The van der Waals surface area contributed by atoms with Gasteiger partial charge in [0, 0.05) is 24.3 Å². The Morgan fingerprint density at radius 2 is 1.90 bits per heavy atom. The topological polar surface area (TPSA) is 67.9 Å². The van der Waals surface area contributed by atoms with Crippen LogP contribution < -0.4 is 10.1 Å². The molecule has 0 aromatic heterocycles. The molecular weight excluding hydrogens is 368 g/mol. The van der Waals surface area contributed by atoms with E-state index in [1.807, 2.05) is 25.1 Å². The highest BCUT2D eigenvalue weighted by atomic mass is 16.5. The molecule has 0 aliphatic carbocycles. The molecule has 0 radical (unpaired) electrons. The average molecular weight is 396 g/mol. The van der Waals surface area contributed by atoms with E-state index in [9.17, 15) is 9.59 Å². The van der Waals surface area contributed by atoms with E-state index in [-0.39, 0.29) is 18.4 Å². The Hall–Kier alpha value is -2.86. The molecule has 0 spiro atoms. The number of benzene rings is 2. The van der Waals surface area contributed by atoms with Crippen LogP contribution in [0.3, 0.4) is 0 Å². The number of anilines is 1. The molecule has 2 amide bonds. The second-order valence-electron chi connectivity index (χ2n) is 7.52. The van der Waals surface area contributed by atoms with Crippen molar-refractivity contribution in [3.63, 3.8) is 0 Å². The summed E-state index contributed by atoms with van der Waals surface area (Å²) in [5, 5.41) is 2.81. The molecule has 0 bridgehead atoms. The lowest BCUT2D eigenvalue weighted by molar-refractivity contribution is -0.118. The van der Waals surface area contributed by atoms with Gasteiger partial charge in [0.15, 0.2) is 6.61 Å². The number of morpholine rings is 1. The molecule has 2 aromatic carbocycles. The fraction of sp³-hybridized carbons (Fsp3) is 0.391. The van der Waals surface area contributed by atoms with Gasteiger partial charge >= 0.3 is 0 Å². The van der Waals surface area contributed by atoms with E-state index in [2.05, 4.69) is 19.2 Å². The lowest BCUT2D eigenvalue weighted by atomic mass is 10.0. The summed E-state index contributed by atoms with van der Waals surface area (Å²) in [4.78, 5) is 26.8. The number of nitrogens with zero attached hydrogens (tertiary/aromatic N) is 1. The van der Waals surface area contributed by atoms with Crippen molar-refractivity contribution in [3.8, 4) is 5.75 Å². The molecule has 1 N–H and O–H groups in total. The van der Waals surface area contributed by atoms with Crippen molar-refractivity contribution in [1.29, 1.82) is 0 Å². The van der Waals surface area contributed by atoms with Gasteiger partial charge in [0.25, 0.3) is 11.8 Å². The zero-order valence-corrected chi connectivity index (χ0v) is 17.2. The maximum Gasteiger partial charge on any atom is 0.262 e. The number of ether oxygens (including phenoxy) is 2. The molecule has 1 aliphatic rings. The van der Waals surface area contributed by atoms with Crippen molar-refractivity contribution >= 4 is 17.5 Å². The molecule has 3 rings (SSSR count). The van der Waals surface area contributed by atoms with Gasteiger partial charge in [-0.2, -0.15) is 0 Å². The number of nitrogens with one attached hydrogen (secondary N) is 1. The van der Waals surface area contributed by atoms with Gasteiger partial charge in [-0.1, -0.05) is 32.0 Å². The normalized spacial score (nSPS) is 14.0. The largest absolute Gasteiger partial charge is 0.483 e. The molecule has 1 saturated heterocycles. The zero-order valence-electron chi connectivity index (χ0n) is 17.2. The van der Waals surface area contributed by atoms with Gasteiger partial charge in [0.05, 0.1) is 13.2 Å². The van der Waals surface area contributed by atoms with E-state index in [1.165, 1.54) is 0 Å². The number of amides is 2. The molecule has 1 heterocycles. The van der Waals surface area contributed by atoms with E-state index >= 15 is 0 Å². The minimum absolute atomic E-state index is 0.0537. The van der Waals surface area contributed by atoms with Crippen LogP contribution in [0.4, 0.5) is 5.69 Å². The van der Waals surface area contributed by atoms with E-state index < -0.39 is 0 Å². The maximum atomic E-state index is 12.6. The highest BCUT2D eigenvalue weighted by molar-refractivity contribution is 5.97. The van der Waals surface area contributed by atoms with Gasteiger partial charge in [-0.05, 0) is 48.2 Å². The third-order valence-corrected chi connectivity index (χ3v) is 4.84. The summed E-state index contributed by atoms with van der Waals surface area (Å²) in [6.07, 6.45) is 0. The Bertz CT molecular complexity index is 873. The summed E-state index contributed by atoms with van der Waals surface area (Å²) in [5.74, 6) is 0.710. The minimum Gasteiger partial charge on any atom is -0.483 e. The van der Waals surface area contributed by atoms with Crippen LogP contribution in [0.15, 0.2) is 42.5 Å². The summed E-state index contributed by atoms with van der Waals surface area (Å²) in [7, 11) is 0. The lowest BCUT2D eigenvalue weighted by Gasteiger charge is -2.27. The molecule has 29 heavy (non-hydrogen) atoms. The average Bonchev–Trinajstić information content (AvgIpc) is 2.72. The van der Waals surface area contributed by atoms with Gasteiger partial charge in [0.1, 0.15) is 5.75 Å². The Labute approximate surface area is 171 Å². The molecule has 1 aliphatic heterocycles. The Morgan fingerprint density at radius 3 is 2.62 bits per heavy atom. The number of carbonyl (C=O) groups is 2. The van der Waals surface area contributed by atoms with Crippen molar-refractivity contribution in [2.75, 3.05) is 38.2 Å². The molecule has 0 unspecified atom stereocenters. The number of hydrogen-bond acceptors (Lipinski definition) is 4. The third kappa shape index (κ3) is 5.57. The van der Waals surface area contributed by atoms with E-state index in [1.54, 1.807) is 29.2 Å². The standard InChI is InChI=1S/C23H28N2O4/c1-16(2)20-8-7-17(3)13-21(20)29-15-22(26)24-19-6-4-5-18(14-19)23(27)25-9-11-28-12-10-25/h4-8,13-14,16H,9-12,15H2,1-3H3,(H,24,26). The molecule has 6 nitrogen and oxygen atoms in total. The first-order chi connectivity index (χ1) is 13.9. The maximum absolute atomic E-state index is 12.6. The van der Waals surface area contributed by atoms with Crippen molar-refractivity contribution in [2.45, 2.75) is 26.7 Å². The van der Waals surface area contributed by atoms with Gasteiger partial charge in [-0.25, -0.2) is 0 Å². The van der Waals surface area contributed by atoms with Crippen LogP contribution >= 0.6 is 0 Å². The van der Waals surface area contributed by atoms with Crippen molar-refractivity contribution < 1.29 is 19.1 Å². The molecular formula is C23H28N2O4. The Kier molecular flexibility index (Phi) is 6.88. The molecule has 1 fully saturated rings. The number of rotatable bonds is 6. The Morgan fingerprint density at radius 1 is 1.14 bits per heavy atom. The first-order valence-corrected chi connectivity index (χ1v) is 9.94. The first kappa shape index (κ1) is 20.9. The van der Waals surface area contributed by atoms with Gasteiger partial charge in [-0.3, -0.25) is 9.59 Å². The van der Waals surface area contributed by atoms with Crippen LogP contribution in [0.5, 0.6) is 5.75 Å². The quantitative estimate of drug-likeness (QED) is 0.810. The number of carbonyl (C=O) groups excluding carboxylic acids is 2. The summed E-state index contributed by atoms with van der Waals surface area (Å²) in [6, 6.07) is 13.0. The molecule has 2 aromatic rings. The highest BCUT2D eigenvalue weighted by Crippen LogP contribution is 2.27. The van der Waals surface area contributed by atoms with Crippen LogP contribution in [0, 0.1) is 6.92 Å². The van der Waals surface area contributed by atoms with Crippen LogP contribution in [-0.2, 0) is 9.53 Å². The van der Waals surface area contributed by atoms with Crippen molar-refractivity contribution in [1.82, 2.24) is 4.90 Å². The second kappa shape index (κ2) is 9.56. The van der Waals surface area contributed by atoms with Crippen LogP contribution in [0.25, 0.3) is 0 Å². The highest BCUT2D eigenvalue weighted by Gasteiger charge is 2.19. The van der Waals surface area contributed by atoms with Crippen molar-refractivity contribution in [3.05, 3.63) is 59.2 Å². The first-order valence-electron chi connectivity index (χ1n) is 9.94. The second-order valence-corrected chi connectivity index (χ2v) is 7.52. The van der Waals surface area contributed by atoms with Gasteiger partial charge in [-0.15, -0.1) is 0 Å². The number of aryl methyl sites for hydroxylation is 1. The zero-order chi connectivity index (χ0) is 20.8. The molecule has 0 atom stereocenters. The molecule has 154 valence electrons. The monoisotopic (exact) mass is 396 g/mol. The van der Waals surface area contributed by atoms with Crippen LogP contribution in [0.1, 0.15) is 41.3 Å². The van der Waals surface area contributed by atoms with Gasteiger partial charge < -0.3 is 19.7 Å². The molecule has 6 heteroatoms. The van der Waals surface area contributed by atoms with Crippen LogP contribution in [0.2, 0.25) is 0 Å². The summed E-state index contributed by atoms with van der Waals surface area (Å²) in [6.45, 7) is 8.35. The predicted molar refractivity (Wildman–Crippen MR) is 113 cm³/mol.